The number of esters is 1. The molecule has 0 amide bonds. The van der Waals surface area contributed by atoms with E-state index in [-0.39, 0.29) is 10.7 Å². The number of hydrogen-bond acceptors (Lipinski definition) is 5. The van der Waals surface area contributed by atoms with Crippen LogP contribution in [0.5, 0.6) is 0 Å². The third-order valence-corrected chi connectivity index (χ3v) is 4.88. The zero-order valence-electron chi connectivity index (χ0n) is 13.4. The number of methoxy groups -OCH3 is 1. The van der Waals surface area contributed by atoms with Crippen LogP contribution in [0.4, 0.5) is 5.82 Å². The van der Waals surface area contributed by atoms with E-state index in [9.17, 15) is 4.79 Å². The number of carbonyl (C=O) groups is 1. The monoisotopic (exact) mass is 335 g/mol. The Hall–Kier alpha value is -1.62. The second-order valence-electron chi connectivity index (χ2n) is 6.21. The van der Waals surface area contributed by atoms with Gasteiger partial charge >= 0.3 is 5.97 Å². The average Bonchev–Trinajstić information content (AvgIpc) is 3.27. The van der Waals surface area contributed by atoms with Crippen molar-refractivity contribution in [1.82, 2.24) is 9.97 Å². The van der Waals surface area contributed by atoms with Crippen molar-refractivity contribution >= 4 is 23.4 Å². The van der Waals surface area contributed by atoms with Gasteiger partial charge in [0.1, 0.15) is 10.8 Å². The van der Waals surface area contributed by atoms with Gasteiger partial charge < -0.3 is 9.64 Å². The predicted octanol–water partition coefficient (Wildman–Crippen LogP) is 3.73. The Bertz CT molecular complexity index is 610. The molecular formula is C17H22ClN3O2. The van der Waals surface area contributed by atoms with Crippen molar-refractivity contribution in [2.45, 2.75) is 50.5 Å². The maximum atomic E-state index is 12.0. The van der Waals surface area contributed by atoms with Crippen LogP contribution in [0.1, 0.15) is 60.8 Å². The molecule has 0 radical (unpaired) electrons. The summed E-state index contributed by atoms with van der Waals surface area (Å²) in [5, 5.41) is 0.287. The molecule has 23 heavy (non-hydrogen) atoms. The molecule has 0 N–H and O–H groups in total. The highest BCUT2D eigenvalue weighted by molar-refractivity contribution is 6.35. The van der Waals surface area contributed by atoms with Gasteiger partial charge in [-0.25, -0.2) is 14.8 Å². The maximum Gasteiger partial charge on any atom is 0.358 e. The molecule has 0 atom stereocenters. The van der Waals surface area contributed by atoms with E-state index in [4.69, 9.17) is 21.3 Å². The maximum absolute atomic E-state index is 12.0. The Balaban J connectivity index is 2.05. The Morgan fingerprint density at radius 3 is 2.61 bits per heavy atom. The van der Waals surface area contributed by atoms with Crippen LogP contribution >= 0.6 is 11.6 Å². The van der Waals surface area contributed by atoms with E-state index < -0.39 is 5.97 Å². The van der Waals surface area contributed by atoms with E-state index >= 15 is 0 Å². The van der Waals surface area contributed by atoms with Gasteiger partial charge in [-0.3, -0.25) is 0 Å². The summed E-state index contributed by atoms with van der Waals surface area (Å²) in [4.78, 5) is 23.3. The lowest BCUT2D eigenvalue weighted by Gasteiger charge is -2.30. The first-order valence-corrected chi connectivity index (χ1v) is 8.56. The van der Waals surface area contributed by atoms with Gasteiger partial charge in [0.05, 0.1) is 7.11 Å². The largest absolute Gasteiger partial charge is 0.464 e. The number of hydrogen-bond donors (Lipinski definition) is 0. The number of carbonyl (C=O) groups excluding carboxylic acids is 1. The number of halogens is 1. The fourth-order valence-electron chi connectivity index (χ4n) is 3.16. The minimum atomic E-state index is -0.509. The lowest BCUT2D eigenvalue weighted by Crippen LogP contribution is -2.35. The lowest BCUT2D eigenvalue weighted by atomic mass is 10.2. The zero-order valence-corrected chi connectivity index (χ0v) is 14.2. The van der Waals surface area contributed by atoms with Crippen molar-refractivity contribution in [3.05, 3.63) is 29.2 Å². The molecule has 124 valence electrons. The number of anilines is 1. The van der Waals surface area contributed by atoms with Gasteiger partial charge in [-0.15, -0.1) is 6.58 Å². The van der Waals surface area contributed by atoms with Crippen molar-refractivity contribution < 1.29 is 9.53 Å². The van der Waals surface area contributed by atoms with Crippen LogP contribution in [0.15, 0.2) is 12.7 Å². The highest BCUT2D eigenvalue weighted by Gasteiger charge is 2.33. The number of ether oxygens (including phenoxy) is 1. The van der Waals surface area contributed by atoms with E-state index in [0.29, 0.717) is 30.1 Å². The van der Waals surface area contributed by atoms with Crippen LogP contribution < -0.4 is 4.90 Å². The zero-order chi connectivity index (χ0) is 16.4. The standard InChI is InChI=1S/C17H22ClN3O2/c1-3-10-21(12-6-4-5-7-12)16-13(18)14(17(22)23-2)19-15(20-16)11-8-9-11/h3,11-12H,1,4-10H2,2H3. The molecule has 0 aromatic carbocycles. The van der Waals surface area contributed by atoms with Crippen molar-refractivity contribution in [2.75, 3.05) is 18.6 Å². The molecule has 1 aromatic rings. The second kappa shape index (κ2) is 6.87. The van der Waals surface area contributed by atoms with Crippen LogP contribution in [-0.2, 0) is 4.74 Å². The highest BCUT2D eigenvalue weighted by atomic mass is 35.5. The van der Waals surface area contributed by atoms with Crippen molar-refractivity contribution in [3.63, 3.8) is 0 Å². The van der Waals surface area contributed by atoms with E-state index in [1.165, 1.54) is 20.0 Å². The summed E-state index contributed by atoms with van der Waals surface area (Å²) in [6.45, 7) is 4.51. The molecule has 0 unspecified atom stereocenters. The quantitative estimate of drug-likeness (QED) is 0.585. The van der Waals surface area contributed by atoms with Crippen molar-refractivity contribution in [3.8, 4) is 0 Å². The molecule has 1 heterocycles. The SMILES string of the molecule is C=CCN(c1nc(C2CC2)nc(C(=O)OC)c1Cl)C1CCCC1. The third-order valence-electron chi connectivity index (χ3n) is 4.54. The summed E-state index contributed by atoms with van der Waals surface area (Å²) in [6.07, 6.45) is 8.62. The first kappa shape index (κ1) is 16.2. The van der Waals surface area contributed by atoms with E-state index in [1.54, 1.807) is 0 Å². The molecule has 1 aromatic heterocycles. The van der Waals surface area contributed by atoms with Gasteiger partial charge in [0.2, 0.25) is 0 Å². The summed E-state index contributed by atoms with van der Waals surface area (Å²) < 4.78 is 4.84. The first-order valence-electron chi connectivity index (χ1n) is 8.19. The minimum Gasteiger partial charge on any atom is -0.464 e. The first-order chi connectivity index (χ1) is 11.2. The molecule has 3 rings (SSSR count). The van der Waals surface area contributed by atoms with E-state index in [2.05, 4.69) is 16.5 Å². The van der Waals surface area contributed by atoms with E-state index in [1.807, 2.05) is 6.08 Å². The third kappa shape index (κ3) is 3.34. The van der Waals surface area contributed by atoms with Gasteiger partial charge in [0, 0.05) is 18.5 Å². The molecule has 6 heteroatoms. The van der Waals surface area contributed by atoms with Crippen LogP contribution in [0.2, 0.25) is 5.02 Å². The van der Waals surface area contributed by atoms with Gasteiger partial charge in [-0.05, 0) is 25.7 Å². The van der Waals surface area contributed by atoms with Crippen LogP contribution in [-0.4, -0.2) is 35.6 Å². The molecule has 2 fully saturated rings. The molecule has 2 saturated carbocycles. The summed E-state index contributed by atoms with van der Waals surface area (Å²) in [6, 6.07) is 0.387. The minimum absolute atomic E-state index is 0.174. The fraction of sp³-hybridized carbons (Fsp3) is 0.588. The number of rotatable bonds is 6. The van der Waals surface area contributed by atoms with Crippen molar-refractivity contribution in [1.29, 1.82) is 0 Å². The molecule has 2 aliphatic rings. The Kier molecular flexibility index (Phi) is 4.85. The summed E-state index contributed by atoms with van der Waals surface area (Å²) in [5.74, 6) is 1.18. The highest BCUT2D eigenvalue weighted by Crippen LogP contribution is 2.41. The van der Waals surface area contributed by atoms with Crippen molar-refractivity contribution in [2.24, 2.45) is 0 Å². The van der Waals surface area contributed by atoms with Crippen LogP contribution in [0.3, 0.4) is 0 Å². The molecule has 0 aliphatic heterocycles. The molecule has 2 aliphatic carbocycles. The predicted molar refractivity (Wildman–Crippen MR) is 90.2 cm³/mol. The van der Waals surface area contributed by atoms with Crippen LogP contribution in [0, 0.1) is 0 Å². The summed E-state index contributed by atoms with van der Waals surface area (Å²) >= 11 is 6.49. The van der Waals surface area contributed by atoms with Gasteiger partial charge in [0.15, 0.2) is 11.5 Å². The Morgan fingerprint density at radius 1 is 1.35 bits per heavy atom. The van der Waals surface area contributed by atoms with Gasteiger partial charge in [0.25, 0.3) is 0 Å². The Labute approximate surface area is 141 Å². The molecule has 0 saturated heterocycles. The van der Waals surface area contributed by atoms with Gasteiger partial charge in [-0.2, -0.15) is 0 Å². The fourth-order valence-corrected chi connectivity index (χ4v) is 3.43. The normalized spacial score (nSPS) is 18.0. The smallest absolute Gasteiger partial charge is 0.358 e. The number of nitrogens with zero attached hydrogens (tertiary/aromatic N) is 3. The molecule has 0 bridgehead atoms. The second-order valence-corrected chi connectivity index (χ2v) is 6.59. The Morgan fingerprint density at radius 2 is 2.04 bits per heavy atom. The lowest BCUT2D eigenvalue weighted by molar-refractivity contribution is 0.0593. The summed E-state index contributed by atoms with van der Waals surface area (Å²) in [7, 11) is 1.34. The molecular weight excluding hydrogens is 314 g/mol. The average molecular weight is 336 g/mol. The topological polar surface area (TPSA) is 55.3 Å². The van der Waals surface area contributed by atoms with E-state index in [0.717, 1.165) is 25.7 Å². The van der Waals surface area contributed by atoms with Crippen LogP contribution in [0.25, 0.3) is 0 Å². The molecule has 5 nitrogen and oxygen atoms in total. The molecule has 0 spiro atoms. The van der Waals surface area contributed by atoms with Gasteiger partial charge in [-0.1, -0.05) is 30.5 Å². The number of aromatic nitrogens is 2. The summed E-state index contributed by atoms with van der Waals surface area (Å²) in [5.41, 5.74) is 0.174.